The molecule has 1 N–H and O–H groups in total. The molecule has 0 heterocycles. The van der Waals surface area contributed by atoms with Crippen LogP contribution in [0.15, 0.2) is 0 Å². The van der Waals surface area contributed by atoms with Gasteiger partial charge in [-0.1, -0.05) is 20.8 Å². The van der Waals surface area contributed by atoms with E-state index in [0.717, 1.165) is 18.3 Å². The molecule has 0 aromatic rings. The normalized spacial score (nSPS) is 46.5. The van der Waals surface area contributed by atoms with E-state index in [4.69, 9.17) is 1.41 Å². The lowest BCUT2D eigenvalue weighted by molar-refractivity contribution is -0.122. The van der Waals surface area contributed by atoms with Crippen LogP contribution in [0.2, 0.25) is 1.41 Å². The van der Waals surface area contributed by atoms with Gasteiger partial charge in [0, 0.05) is 12.5 Å². The summed E-state index contributed by atoms with van der Waals surface area (Å²) in [6, 6.07) is 0.202. The Bertz CT molecular complexity index is 266. The van der Waals surface area contributed by atoms with Crippen LogP contribution in [-0.4, -0.2) is 11.9 Å². The van der Waals surface area contributed by atoms with Gasteiger partial charge in [-0.2, -0.15) is 0 Å². The van der Waals surface area contributed by atoms with Gasteiger partial charge in [0.15, 0.2) is 1.41 Å². The van der Waals surface area contributed by atoms with Gasteiger partial charge in [-0.3, -0.25) is 4.79 Å². The summed E-state index contributed by atoms with van der Waals surface area (Å²) < 4.78 is 7.87. The lowest BCUT2D eigenvalue weighted by Gasteiger charge is -2.32. The molecule has 1 amide bonds. The number of hydrogen-bond donors (Lipinski definition) is 1. The molecule has 14 heavy (non-hydrogen) atoms. The fraction of sp³-hybridized carbons (Fsp3) is 0.917. The summed E-state index contributed by atoms with van der Waals surface area (Å²) in [5.41, 5.74) is 0. The molecule has 2 aliphatic rings. The molecule has 0 aromatic carbocycles. The standard InChI is InChI=1S/C12H21NO/c1-4-12(14)13-11-6-9-5-10(11)8(3)7(9)2/h7-11H,4-6H2,1-3H3,(H,13,14)/t7-,8+,9?,10?,11-/m1/s1/i/hT. The number of hydrogen-bond acceptors (Lipinski definition) is 1. The first-order valence-corrected chi connectivity index (χ1v) is 5.87. The second kappa shape index (κ2) is 3.56. The van der Waals surface area contributed by atoms with Crippen molar-refractivity contribution in [1.82, 2.24) is 5.31 Å². The number of amides is 1. The molecule has 2 rings (SSSR count). The Morgan fingerprint density at radius 3 is 2.64 bits per heavy atom. The molecule has 0 saturated heterocycles. The van der Waals surface area contributed by atoms with E-state index < -0.39 is 0 Å². The van der Waals surface area contributed by atoms with E-state index in [1.165, 1.54) is 11.7 Å². The van der Waals surface area contributed by atoms with Crippen LogP contribution in [0.5, 0.6) is 0 Å². The molecule has 2 heteroatoms. The third kappa shape index (κ3) is 1.45. The van der Waals surface area contributed by atoms with Crippen LogP contribution in [0.3, 0.4) is 0 Å². The number of fused-ring (bicyclic) bond motifs is 2. The van der Waals surface area contributed by atoms with Crippen molar-refractivity contribution in [2.45, 2.75) is 46.1 Å². The zero-order valence-electron chi connectivity index (χ0n) is 10.4. The van der Waals surface area contributed by atoms with Gasteiger partial charge in [-0.05, 0) is 36.5 Å². The molecule has 2 aliphatic carbocycles. The van der Waals surface area contributed by atoms with Crippen molar-refractivity contribution in [3.63, 3.8) is 0 Å². The van der Waals surface area contributed by atoms with Gasteiger partial charge in [0.05, 0.1) is 0 Å². The van der Waals surface area contributed by atoms with Gasteiger partial charge >= 0.3 is 0 Å². The smallest absolute Gasteiger partial charge is 0.219 e. The monoisotopic (exact) mass is 197 g/mol. The predicted molar refractivity (Wildman–Crippen MR) is 56.8 cm³/mol. The Hall–Kier alpha value is -0.530. The molecule has 0 aromatic heterocycles. The average Bonchev–Trinajstić information content (AvgIpc) is 2.78. The van der Waals surface area contributed by atoms with Crippen LogP contribution in [0.1, 0.15) is 40.0 Å². The van der Waals surface area contributed by atoms with Crippen molar-refractivity contribution in [2.24, 2.45) is 23.7 Å². The molecule has 80 valence electrons. The van der Waals surface area contributed by atoms with Gasteiger partial charge in [0.2, 0.25) is 5.91 Å². The number of carbonyl (C=O) groups is 1. The highest BCUT2D eigenvalue weighted by molar-refractivity contribution is 5.75. The minimum Gasteiger partial charge on any atom is -0.353 e. The summed E-state index contributed by atoms with van der Waals surface area (Å²) in [4.78, 5) is 11.5. The molecule has 2 unspecified atom stereocenters. The van der Waals surface area contributed by atoms with E-state index in [0.29, 0.717) is 18.3 Å². The summed E-state index contributed by atoms with van der Waals surface area (Å²) in [5, 5.41) is 1.27. The summed E-state index contributed by atoms with van der Waals surface area (Å²) in [5.74, 6) is 2.79. The summed E-state index contributed by atoms with van der Waals surface area (Å²) >= 11 is 0. The molecule has 0 spiro atoms. The minimum atomic E-state index is -0.0209. The molecule has 0 aliphatic heterocycles. The van der Waals surface area contributed by atoms with E-state index in [1.807, 2.05) is 6.92 Å². The van der Waals surface area contributed by atoms with Crippen LogP contribution in [0, 0.1) is 23.7 Å². The lowest BCUT2D eigenvalue weighted by Crippen LogP contribution is -2.42. The van der Waals surface area contributed by atoms with E-state index in [2.05, 4.69) is 13.8 Å². The van der Waals surface area contributed by atoms with Crippen molar-refractivity contribution >= 4 is 5.91 Å². The fourth-order valence-corrected chi connectivity index (χ4v) is 3.33. The lowest BCUT2D eigenvalue weighted by atomic mass is 9.79. The van der Waals surface area contributed by atoms with Crippen molar-refractivity contribution in [1.29, 1.82) is 0 Å². The maximum atomic E-state index is 11.5. The van der Waals surface area contributed by atoms with E-state index in [-0.39, 0.29) is 11.9 Å². The second-order valence-corrected chi connectivity index (χ2v) is 5.06. The minimum absolute atomic E-state index is 0.0209. The third-order valence-corrected chi connectivity index (χ3v) is 4.47. The molecular formula is C12H21NO. The van der Waals surface area contributed by atoms with E-state index in [9.17, 15) is 4.79 Å². The fourth-order valence-electron chi connectivity index (χ4n) is 3.33. The maximum absolute atomic E-state index is 11.5. The van der Waals surface area contributed by atoms with E-state index in [1.54, 1.807) is 0 Å². The van der Waals surface area contributed by atoms with Gasteiger partial charge < -0.3 is 5.31 Å². The predicted octanol–water partition coefficient (Wildman–Crippen LogP) is 2.19. The summed E-state index contributed by atoms with van der Waals surface area (Å²) in [7, 11) is 0. The molecule has 2 saturated carbocycles. The van der Waals surface area contributed by atoms with Gasteiger partial charge in [-0.15, -0.1) is 0 Å². The number of carbonyl (C=O) groups excluding carboxylic acids is 1. The Balaban J connectivity index is 2.06. The quantitative estimate of drug-likeness (QED) is 0.722. The zero-order valence-corrected chi connectivity index (χ0v) is 9.36. The van der Waals surface area contributed by atoms with Crippen LogP contribution in [0.4, 0.5) is 0 Å². The van der Waals surface area contributed by atoms with Gasteiger partial charge in [0.1, 0.15) is 0 Å². The van der Waals surface area contributed by atoms with Crippen molar-refractivity contribution < 1.29 is 6.21 Å². The summed E-state index contributed by atoms with van der Waals surface area (Å²) in [6.45, 7) is 6.44. The van der Waals surface area contributed by atoms with Crippen LogP contribution in [-0.2, 0) is 4.79 Å². The number of nitrogens with one attached hydrogen (secondary N) is 1. The first kappa shape index (κ1) is 8.75. The van der Waals surface area contributed by atoms with Gasteiger partial charge in [-0.25, -0.2) is 0 Å². The highest BCUT2D eigenvalue weighted by Crippen LogP contribution is 2.51. The highest BCUT2D eigenvalue weighted by atomic mass is 16.1. The van der Waals surface area contributed by atoms with Crippen molar-refractivity contribution in [3.8, 4) is 0 Å². The van der Waals surface area contributed by atoms with Crippen LogP contribution >= 0.6 is 0 Å². The molecule has 2 nitrogen and oxygen atoms in total. The SMILES string of the molecule is [3H]N(C(=O)CC)[C@@H]1CC2CC1[C@@H](C)[C@H]2C. The van der Waals surface area contributed by atoms with Crippen LogP contribution in [0.25, 0.3) is 0 Å². The third-order valence-electron chi connectivity index (χ3n) is 4.47. The first-order valence-electron chi connectivity index (χ1n) is 6.31. The van der Waals surface area contributed by atoms with Gasteiger partial charge in [0.25, 0.3) is 0 Å². The maximum Gasteiger partial charge on any atom is 0.219 e. The van der Waals surface area contributed by atoms with Crippen molar-refractivity contribution in [3.05, 3.63) is 0 Å². The Morgan fingerprint density at radius 2 is 2.14 bits per heavy atom. The molecule has 2 fully saturated rings. The largest absolute Gasteiger partial charge is 0.353 e. The Morgan fingerprint density at radius 1 is 1.43 bits per heavy atom. The van der Waals surface area contributed by atoms with Crippen LogP contribution < -0.4 is 5.31 Å². The molecule has 0 radical (unpaired) electrons. The zero-order chi connectivity index (χ0) is 11.2. The topological polar surface area (TPSA) is 29.1 Å². The highest BCUT2D eigenvalue weighted by Gasteiger charge is 2.48. The number of rotatable bonds is 2. The molecule has 2 bridgehead atoms. The van der Waals surface area contributed by atoms with E-state index >= 15 is 0 Å². The van der Waals surface area contributed by atoms with Crippen molar-refractivity contribution in [2.75, 3.05) is 0 Å². The summed E-state index contributed by atoms with van der Waals surface area (Å²) in [6.07, 6.45) is 2.76. The molecule has 5 atom stereocenters. The Labute approximate surface area is 87.9 Å². The average molecular weight is 197 g/mol. The second-order valence-electron chi connectivity index (χ2n) is 5.06. The molecular weight excluding hydrogens is 174 g/mol. The Kier molecular flexibility index (Phi) is 2.22. The first-order chi connectivity index (χ1) is 7.06.